The number of benzene rings is 1. The number of carbonyl (C=O) groups excluding carboxylic acids is 2. The van der Waals surface area contributed by atoms with Crippen molar-refractivity contribution in [2.24, 2.45) is 4.99 Å². The number of carbonyl (C=O) groups is 3. The van der Waals surface area contributed by atoms with Gasteiger partial charge in [-0.15, -0.1) is 0 Å². The second kappa shape index (κ2) is 7.69. The molecule has 1 saturated heterocycles. The molecule has 0 radical (unpaired) electrons. The zero-order chi connectivity index (χ0) is 17.8. The number of carboxylic acid groups (broad SMARTS) is 1. The van der Waals surface area contributed by atoms with E-state index in [0.29, 0.717) is 5.69 Å². The zero-order valence-corrected chi connectivity index (χ0v) is 14.4. The summed E-state index contributed by atoms with van der Waals surface area (Å²) in [5.41, 5.74) is 0.498. The van der Waals surface area contributed by atoms with Crippen LogP contribution in [-0.2, 0) is 9.59 Å². The van der Waals surface area contributed by atoms with Crippen LogP contribution in [0, 0.1) is 0 Å². The van der Waals surface area contributed by atoms with E-state index in [1.807, 2.05) is 0 Å². The number of aliphatic imine (C=N–C) groups is 1. The van der Waals surface area contributed by atoms with Gasteiger partial charge in [0.25, 0.3) is 5.91 Å². The van der Waals surface area contributed by atoms with Gasteiger partial charge in [0.2, 0.25) is 5.91 Å². The largest absolute Gasteiger partial charge is 0.478 e. The van der Waals surface area contributed by atoms with Crippen LogP contribution in [0.4, 0.5) is 5.69 Å². The Labute approximate surface area is 149 Å². The monoisotopic (exact) mass is 361 g/mol. The van der Waals surface area contributed by atoms with Crippen molar-refractivity contribution in [1.29, 1.82) is 0 Å². The van der Waals surface area contributed by atoms with E-state index >= 15 is 0 Å². The Bertz CT molecular complexity index is 728. The van der Waals surface area contributed by atoms with Gasteiger partial charge >= 0.3 is 5.97 Å². The smallest absolute Gasteiger partial charge is 0.335 e. The molecule has 0 bridgehead atoms. The molecule has 0 spiro atoms. The Kier molecular flexibility index (Phi) is 5.37. The Morgan fingerprint density at radius 3 is 2.76 bits per heavy atom. The van der Waals surface area contributed by atoms with Gasteiger partial charge in [-0.2, -0.15) is 4.99 Å². The van der Waals surface area contributed by atoms with Crippen LogP contribution in [0.2, 0.25) is 0 Å². The predicted octanol–water partition coefficient (Wildman–Crippen LogP) is 2.20. The molecule has 0 aliphatic carbocycles. The Balaban J connectivity index is 1.56. The average Bonchev–Trinajstić information content (AvgIpc) is 2.96. The van der Waals surface area contributed by atoms with Gasteiger partial charge in [-0.3, -0.25) is 9.59 Å². The highest BCUT2D eigenvalue weighted by atomic mass is 32.2. The molecule has 132 valence electrons. The highest BCUT2D eigenvalue weighted by Crippen LogP contribution is 2.29. The molecular weight excluding hydrogens is 342 g/mol. The van der Waals surface area contributed by atoms with Crippen LogP contribution in [0.15, 0.2) is 29.3 Å². The lowest BCUT2D eigenvalue weighted by Crippen LogP contribution is -2.33. The number of hydrogen-bond acceptors (Lipinski definition) is 5. The Morgan fingerprint density at radius 1 is 1.28 bits per heavy atom. The van der Waals surface area contributed by atoms with Gasteiger partial charge in [0.1, 0.15) is 5.25 Å². The van der Waals surface area contributed by atoms with E-state index in [1.54, 1.807) is 12.1 Å². The molecule has 2 aliphatic rings. The molecule has 0 unspecified atom stereocenters. The molecule has 1 aromatic rings. The number of carboxylic acids is 1. The number of aromatic carboxylic acids is 1. The van der Waals surface area contributed by atoms with Crippen LogP contribution in [-0.4, -0.2) is 51.3 Å². The number of thioether (sulfide) groups is 1. The topological polar surface area (TPSA) is 99.1 Å². The second-order valence-corrected chi connectivity index (χ2v) is 7.19. The van der Waals surface area contributed by atoms with Crippen molar-refractivity contribution in [3.05, 3.63) is 29.8 Å². The second-order valence-electron chi connectivity index (χ2n) is 6.03. The van der Waals surface area contributed by atoms with Crippen LogP contribution in [0.3, 0.4) is 0 Å². The number of likely N-dealkylation sites (tertiary alicyclic amines) is 1. The first kappa shape index (κ1) is 17.5. The molecule has 1 fully saturated rings. The molecule has 0 aromatic heterocycles. The molecule has 2 N–H and O–H groups in total. The number of amidine groups is 1. The summed E-state index contributed by atoms with van der Waals surface area (Å²) in [5.74, 6) is -1.67. The van der Waals surface area contributed by atoms with Gasteiger partial charge < -0.3 is 15.3 Å². The standard InChI is InChI=1S/C17H19N3O4S/c21-14(18-12-6-4-5-11(9-12)16(23)24)10-13-15(22)19-17(25-13)20-7-2-1-3-8-20/h4-6,9,13H,1-3,7-8,10H2,(H,18,21)(H,23,24)/t13-/m1/s1. The predicted molar refractivity (Wildman–Crippen MR) is 95.9 cm³/mol. The van der Waals surface area contributed by atoms with E-state index < -0.39 is 11.2 Å². The highest BCUT2D eigenvalue weighted by Gasteiger charge is 2.33. The summed E-state index contributed by atoms with van der Waals surface area (Å²) < 4.78 is 0. The number of anilines is 1. The van der Waals surface area contributed by atoms with Crippen molar-refractivity contribution < 1.29 is 19.5 Å². The van der Waals surface area contributed by atoms with E-state index in [9.17, 15) is 14.4 Å². The number of nitrogens with one attached hydrogen (secondary N) is 1. The van der Waals surface area contributed by atoms with Gasteiger partial charge in [-0.1, -0.05) is 17.8 Å². The summed E-state index contributed by atoms with van der Waals surface area (Å²) in [6.45, 7) is 1.81. The fourth-order valence-corrected chi connectivity index (χ4v) is 3.96. The fourth-order valence-electron chi connectivity index (χ4n) is 2.84. The van der Waals surface area contributed by atoms with Crippen molar-refractivity contribution >= 4 is 40.4 Å². The van der Waals surface area contributed by atoms with Crippen LogP contribution in [0.25, 0.3) is 0 Å². The lowest BCUT2D eigenvalue weighted by atomic mass is 10.1. The molecule has 3 rings (SSSR count). The molecule has 7 nitrogen and oxygen atoms in total. The fraction of sp³-hybridized carbons (Fsp3) is 0.412. The maximum Gasteiger partial charge on any atom is 0.335 e. The SMILES string of the molecule is O=C(C[C@H]1SC(N2CCCCC2)=NC1=O)Nc1cccc(C(=O)O)c1. The summed E-state index contributed by atoms with van der Waals surface area (Å²) in [7, 11) is 0. The molecule has 2 amide bonds. The Morgan fingerprint density at radius 2 is 2.04 bits per heavy atom. The van der Waals surface area contributed by atoms with Crippen molar-refractivity contribution in [2.75, 3.05) is 18.4 Å². The van der Waals surface area contributed by atoms with Crippen molar-refractivity contribution in [3.8, 4) is 0 Å². The molecule has 1 aromatic carbocycles. The van der Waals surface area contributed by atoms with Crippen molar-refractivity contribution in [2.45, 2.75) is 30.9 Å². The molecule has 1 atom stereocenters. The van der Waals surface area contributed by atoms with Gasteiger partial charge in [0.05, 0.1) is 5.56 Å². The minimum absolute atomic E-state index is 0.0155. The minimum Gasteiger partial charge on any atom is -0.478 e. The van der Waals surface area contributed by atoms with Gasteiger partial charge in [0, 0.05) is 25.2 Å². The average molecular weight is 361 g/mol. The quantitative estimate of drug-likeness (QED) is 0.853. The van der Waals surface area contributed by atoms with E-state index in [1.165, 1.54) is 30.3 Å². The molecule has 2 heterocycles. The molecule has 2 aliphatic heterocycles. The summed E-state index contributed by atoms with van der Waals surface area (Å²) in [4.78, 5) is 41.4. The summed E-state index contributed by atoms with van der Waals surface area (Å²) >= 11 is 1.34. The first-order valence-electron chi connectivity index (χ1n) is 8.20. The number of piperidine rings is 1. The lowest BCUT2D eigenvalue weighted by Gasteiger charge is -2.27. The lowest BCUT2D eigenvalue weighted by molar-refractivity contribution is -0.121. The van der Waals surface area contributed by atoms with Gasteiger partial charge in [-0.05, 0) is 37.5 Å². The van der Waals surface area contributed by atoms with Crippen molar-refractivity contribution in [1.82, 2.24) is 4.90 Å². The maximum atomic E-state index is 12.2. The first-order valence-corrected chi connectivity index (χ1v) is 9.08. The van der Waals surface area contributed by atoms with Crippen LogP contribution < -0.4 is 5.32 Å². The number of amides is 2. The van der Waals surface area contributed by atoms with E-state index in [4.69, 9.17) is 5.11 Å². The molecule has 8 heteroatoms. The van der Waals surface area contributed by atoms with Crippen molar-refractivity contribution in [3.63, 3.8) is 0 Å². The summed E-state index contributed by atoms with van der Waals surface area (Å²) in [6, 6.07) is 6.02. The third-order valence-corrected chi connectivity index (χ3v) is 5.33. The molecular formula is C17H19N3O4S. The summed E-state index contributed by atoms with van der Waals surface area (Å²) in [6.07, 6.45) is 3.41. The number of nitrogens with zero attached hydrogens (tertiary/aromatic N) is 2. The third kappa shape index (κ3) is 4.39. The first-order chi connectivity index (χ1) is 12.0. The van der Waals surface area contributed by atoms with Crippen LogP contribution in [0.1, 0.15) is 36.0 Å². The third-order valence-electron chi connectivity index (χ3n) is 4.12. The normalized spacial score (nSPS) is 20.3. The van der Waals surface area contributed by atoms with E-state index in [0.717, 1.165) is 31.1 Å². The zero-order valence-electron chi connectivity index (χ0n) is 13.6. The molecule has 0 saturated carbocycles. The van der Waals surface area contributed by atoms with Crippen LogP contribution in [0.5, 0.6) is 0 Å². The number of hydrogen-bond donors (Lipinski definition) is 2. The number of rotatable bonds is 4. The van der Waals surface area contributed by atoms with Gasteiger partial charge in [-0.25, -0.2) is 4.79 Å². The highest BCUT2D eigenvalue weighted by molar-refractivity contribution is 8.15. The van der Waals surface area contributed by atoms with Gasteiger partial charge in [0.15, 0.2) is 5.17 Å². The van der Waals surface area contributed by atoms with E-state index in [2.05, 4.69) is 15.2 Å². The molecule has 25 heavy (non-hydrogen) atoms. The maximum absolute atomic E-state index is 12.2. The van der Waals surface area contributed by atoms with E-state index in [-0.39, 0.29) is 23.8 Å². The minimum atomic E-state index is -1.06. The summed E-state index contributed by atoms with van der Waals surface area (Å²) in [5, 5.41) is 11.8. The van der Waals surface area contributed by atoms with Crippen LogP contribution >= 0.6 is 11.8 Å². The Hall–Kier alpha value is -2.35.